The Bertz CT molecular complexity index is 700. The summed E-state index contributed by atoms with van der Waals surface area (Å²) in [6.45, 7) is 1.91. The quantitative estimate of drug-likeness (QED) is 0.890. The number of hydrogen-bond donors (Lipinski definition) is 2. The van der Waals surface area contributed by atoms with Crippen LogP contribution in [0.15, 0.2) is 48.5 Å². The standard InChI is InChI=1S/C17H16ClNO3/c1-11-6-2-3-7-12(11)10-15(17(21)22)19-16(20)13-8-4-5-9-14(13)18/h2-9,15H,10H2,1H3,(H,19,20)(H,21,22)/t15-/m0/s1. The van der Waals surface area contributed by atoms with Gasteiger partial charge in [-0.2, -0.15) is 0 Å². The summed E-state index contributed by atoms with van der Waals surface area (Å²) in [4.78, 5) is 23.6. The molecule has 1 atom stereocenters. The van der Waals surface area contributed by atoms with Crippen LogP contribution in [0.1, 0.15) is 21.5 Å². The normalized spacial score (nSPS) is 11.7. The first-order valence-electron chi connectivity index (χ1n) is 6.81. The second-order valence-corrected chi connectivity index (χ2v) is 5.38. The van der Waals surface area contributed by atoms with Crippen LogP contribution in [0.4, 0.5) is 0 Å². The Morgan fingerprint density at radius 2 is 1.77 bits per heavy atom. The Kier molecular flexibility index (Phi) is 5.17. The van der Waals surface area contributed by atoms with Crippen molar-refractivity contribution in [3.8, 4) is 0 Å². The van der Waals surface area contributed by atoms with Gasteiger partial charge in [-0.3, -0.25) is 4.79 Å². The van der Waals surface area contributed by atoms with Gasteiger partial charge in [0.05, 0.1) is 10.6 Å². The molecule has 0 heterocycles. The summed E-state index contributed by atoms with van der Waals surface area (Å²) in [7, 11) is 0. The van der Waals surface area contributed by atoms with Gasteiger partial charge in [-0.15, -0.1) is 0 Å². The van der Waals surface area contributed by atoms with Crippen molar-refractivity contribution in [1.82, 2.24) is 5.32 Å². The highest BCUT2D eigenvalue weighted by Gasteiger charge is 2.22. The van der Waals surface area contributed by atoms with E-state index in [1.165, 1.54) is 0 Å². The van der Waals surface area contributed by atoms with Crippen LogP contribution in [0, 0.1) is 6.92 Å². The minimum Gasteiger partial charge on any atom is -0.480 e. The Balaban J connectivity index is 2.16. The zero-order valence-corrected chi connectivity index (χ0v) is 12.8. The van der Waals surface area contributed by atoms with Crippen LogP contribution in [0.25, 0.3) is 0 Å². The van der Waals surface area contributed by atoms with E-state index in [1.807, 2.05) is 31.2 Å². The maximum Gasteiger partial charge on any atom is 0.326 e. The molecule has 0 unspecified atom stereocenters. The number of halogens is 1. The van der Waals surface area contributed by atoms with Gasteiger partial charge in [-0.25, -0.2) is 4.79 Å². The van der Waals surface area contributed by atoms with Crippen molar-refractivity contribution >= 4 is 23.5 Å². The van der Waals surface area contributed by atoms with Crippen LogP contribution in [0.3, 0.4) is 0 Å². The highest BCUT2D eigenvalue weighted by Crippen LogP contribution is 2.16. The molecular formula is C17H16ClNO3. The van der Waals surface area contributed by atoms with E-state index in [9.17, 15) is 14.7 Å². The lowest BCUT2D eigenvalue weighted by molar-refractivity contribution is -0.139. The van der Waals surface area contributed by atoms with E-state index in [2.05, 4.69) is 5.32 Å². The van der Waals surface area contributed by atoms with E-state index < -0.39 is 17.9 Å². The molecule has 2 rings (SSSR count). The first-order valence-corrected chi connectivity index (χ1v) is 7.19. The molecule has 0 bridgehead atoms. The monoisotopic (exact) mass is 317 g/mol. The molecule has 0 saturated heterocycles. The van der Waals surface area contributed by atoms with Gasteiger partial charge in [0.2, 0.25) is 0 Å². The predicted octanol–water partition coefficient (Wildman–Crippen LogP) is 3.07. The molecule has 2 aromatic carbocycles. The summed E-state index contributed by atoms with van der Waals surface area (Å²) in [5.41, 5.74) is 2.13. The number of rotatable bonds is 5. The van der Waals surface area contributed by atoms with Gasteiger partial charge in [-0.05, 0) is 30.2 Å². The molecule has 0 aromatic heterocycles. The smallest absolute Gasteiger partial charge is 0.326 e. The van der Waals surface area contributed by atoms with Crippen molar-refractivity contribution in [3.05, 3.63) is 70.2 Å². The fourth-order valence-corrected chi connectivity index (χ4v) is 2.36. The molecule has 0 aliphatic rings. The Morgan fingerprint density at radius 3 is 2.41 bits per heavy atom. The zero-order chi connectivity index (χ0) is 16.1. The summed E-state index contributed by atoms with van der Waals surface area (Å²) in [6, 6.07) is 13.0. The lowest BCUT2D eigenvalue weighted by Gasteiger charge is -2.16. The summed E-state index contributed by atoms with van der Waals surface area (Å²) in [6.07, 6.45) is 0.220. The van der Waals surface area contributed by atoms with Crippen LogP contribution in [-0.4, -0.2) is 23.0 Å². The molecule has 1 amide bonds. The average Bonchev–Trinajstić information content (AvgIpc) is 2.49. The number of nitrogens with one attached hydrogen (secondary N) is 1. The summed E-state index contributed by atoms with van der Waals surface area (Å²) in [5, 5.41) is 12.2. The number of carboxylic acids is 1. The number of benzene rings is 2. The minimum absolute atomic E-state index is 0.220. The molecular weight excluding hydrogens is 302 g/mol. The van der Waals surface area contributed by atoms with Crippen LogP contribution in [0.5, 0.6) is 0 Å². The molecule has 4 nitrogen and oxygen atoms in total. The van der Waals surface area contributed by atoms with Gasteiger partial charge in [0.25, 0.3) is 5.91 Å². The molecule has 0 fully saturated rings. The third-order valence-electron chi connectivity index (χ3n) is 3.41. The van der Waals surface area contributed by atoms with Gasteiger partial charge >= 0.3 is 5.97 Å². The van der Waals surface area contributed by atoms with Gasteiger partial charge < -0.3 is 10.4 Å². The van der Waals surface area contributed by atoms with Crippen molar-refractivity contribution in [1.29, 1.82) is 0 Å². The van der Waals surface area contributed by atoms with Gasteiger partial charge in [0, 0.05) is 6.42 Å². The molecule has 0 spiro atoms. The van der Waals surface area contributed by atoms with Crippen molar-refractivity contribution in [2.75, 3.05) is 0 Å². The zero-order valence-electron chi connectivity index (χ0n) is 12.0. The molecule has 5 heteroatoms. The van der Waals surface area contributed by atoms with E-state index in [1.54, 1.807) is 24.3 Å². The number of aliphatic carboxylic acids is 1. The minimum atomic E-state index is -1.08. The van der Waals surface area contributed by atoms with Crippen LogP contribution >= 0.6 is 11.6 Å². The maximum absolute atomic E-state index is 12.2. The highest BCUT2D eigenvalue weighted by molar-refractivity contribution is 6.33. The van der Waals surface area contributed by atoms with Gasteiger partial charge in [0.1, 0.15) is 6.04 Å². The largest absolute Gasteiger partial charge is 0.480 e. The predicted molar refractivity (Wildman–Crippen MR) is 85.2 cm³/mol. The fourth-order valence-electron chi connectivity index (χ4n) is 2.14. The summed E-state index contributed by atoms with van der Waals surface area (Å²) in [5.74, 6) is -1.57. The van der Waals surface area contributed by atoms with Crippen LogP contribution < -0.4 is 5.32 Å². The molecule has 2 aromatic rings. The molecule has 0 aliphatic carbocycles. The number of aryl methyl sites for hydroxylation is 1. The number of hydrogen-bond acceptors (Lipinski definition) is 2. The number of carbonyl (C=O) groups is 2. The lowest BCUT2D eigenvalue weighted by Crippen LogP contribution is -2.42. The molecule has 0 radical (unpaired) electrons. The fraction of sp³-hybridized carbons (Fsp3) is 0.176. The number of amides is 1. The molecule has 22 heavy (non-hydrogen) atoms. The highest BCUT2D eigenvalue weighted by atomic mass is 35.5. The molecule has 0 aliphatic heterocycles. The number of carboxylic acid groups (broad SMARTS) is 1. The first-order chi connectivity index (χ1) is 10.5. The van der Waals surface area contributed by atoms with Crippen LogP contribution in [0.2, 0.25) is 5.02 Å². The molecule has 114 valence electrons. The van der Waals surface area contributed by atoms with E-state index in [-0.39, 0.29) is 12.0 Å². The second kappa shape index (κ2) is 7.09. The topological polar surface area (TPSA) is 66.4 Å². The van der Waals surface area contributed by atoms with Crippen molar-refractivity contribution in [2.45, 2.75) is 19.4 Å². The SMILES string of the molecule is Cc1ccccc1C[C@H](NC(=O)c1ccccc1Cl)C(=O)O. The first kappa shape index (κ1) is 16.0. The summed E-state index contributed by atoms with van der Waals surface area (Å²) >= 11 is 5.96. The Hall–Kier alpha value is -2.33. The van der Waals surface area contributed by atoms with Gasteiger partial charge in [0.15, 0.2) is 0 Å². The van der Waals surface area contributed by atoms with Crippen molar-refractivity contribution < 1.29 is 14.7 Å². The second-order valence-electron chi connectivity index (χ2n) is 4.97. The van der Waals surface area contributed by atoms with E-state index in [0.29, 0.717) is 5.02 Å². The van der Waals surface area contributed by atoms with Crippen LogP contribution in [-0.2, 0) is 11.2 Å². The molecule has 2 N–H and O–H groups in total. The van der Waals surface area contributed by atoms with Crippen molar-refractivity contribution in [2.24, 2.45) is 0 Å². The van der Waals surface area contributed by atoms with Gasteiger partial charge in [-0.1, -0.05) is 48.0 Å². The van der Waals surface area contributed by atoms with E-state index >= 15 is 0 Å². The van der Waals surface area contributed by atoms with E-state index in [0.717, 1.165) is 11.1 Å². The van der Waals surface area contributed by atoms with Crippen molar-refractivity contribution in [3.63, 3.8) is 0 Å². The average molecular weight is 318 g/mol. The Labute approximate surface area is 133 Å². The summed E-state index contributed by atoms with van der Waals surface area (Å²) < 4.78 is 0. The lowest BCUT2D eigenvalue weighted by atomic mass is 10.0. The number of carbonyl (C=O) groups excluding carboxylic acids is 1. The third kappa shape index (κ3) is 3.86. The maximum atomic E-state index is 12.2. The third-order valence-corrected chi connectivity index (χ3v) is 3.74. The van der Waals surface area contributed by atoms with E-state index in [4.69, 9.17) is 11.6 Å². The molecule has 0 saturated carbocycles. The Morgan fingerprint density at radius 1 is 1.14 bits per heavy atom.